The first kappa shape index (κ1) is 35.3. The van der Waals surface area contributed by atoms with Crippen molar-refractivity contribution >= 4 is 48.7 Å². The van der Waals surface area contributed by atoms with Gasteiger partial charge in [0, 0.05) is 65.6 Å². The summed E-state index contributed by atoms with van der Waals surface area (Å²) in [6.07, 6.45) is 2.94. The summed E-state index contributed by atoms with van der Waals surface area (Å²) in [4.78, 5) is 27.1. The fourth-order valence-corrected chi connectivity index (χ4v) is 5.49. The standard InChI is InChI=1S/C27H38Cl2N3O6P.CH4O/c1-21(38-39(34,35)36-3)30(2)26-20-23(12-11-22(26)8-7-18-33)37-19-5-4-13-31-14-16-32(17-15-31)25-10-6-9-24(28)27(25)29;1-2/h6,9-12,18,20-21H,4-5,7-8,13-17,19H2,1-3H3,(H,34,35);2H,1H3. The summed E-state index contributed by atoms with van der Waals surface area (Å²) in [5.74, 6) is 0.685. The molecule has 0 radical (unpaired) electrons. The lowest BCUT2D eigenvalue weighted by molar-refractivity contribution is -0.107. The van der Waals surface area contributed by atoms with Crippen LogP contribution in [0.2, 0.25) is 10.0 Å². The summed E-state index contributed by atoms with van der Waals surface area (Å²) < 4.78 is 27.6. The number of hydrogen-bond acceptors (Lipinski definition) is 9. The Labute approximate surface area is 253 Å². The number of piperazine rings is 1. The molecule has 41 heavy (non-hydrogen) atoms. The molecule has 0 aromatic heterocycles. The quantitative estimate of drug-likeness (QED) is 0.117. The highest BCUT2D eigenvalue weighted by molar-refractivity contribution is 7.47. The van der Waals surface area contributed by atoms with Crippen LogP contribution < -0.4 is 14.5 Å². The molecule has 0 amide bonds. The molecular weight excluding hydrogens is 592 g/mol. The first-order chi connectivity index (χ1) is 19.6. The lowest BCUT2D eigenvalue weighted by atomic mass is 10.1. The van der Waals surface area contributed by atoms with Gasteiger partial charge in [0.25, 0.3) is 0 Å². The Morgan fingerprint density at radius 1 is 1.12 bits per heavy atom. The number of benzene rings is 2. The monoisotopic (exact) mass is 633 g/mol. The Bertz CT molecular complexity index is 1140. The van der Waals surface area contributed by atoms with Gasteiger partial charge in [0.1, 0.15) is 18.3 Å². The van der Waals surface area contributed by atoms with Gasteiger partial charge in [-0.3, -0.25) is 13.9 Å². The van der Waals surface area contributed by atoms with E-state index in [4.69, 9.17) is 37.6 Å². The van der Waals surface area contributed by atoms with E-state index in [1.54, 1.807) is 24.9 Å². The van der Waals surface area contributed by atoms with Gasteiger partial charge in [0.05, 0.1) is 22.3 Å². The SMILES string of the molecule is CO.COP(=O)(O)OC(C)N(C)c1cc(OCCCCN2CCN(c3cccc(Cl)c3Cl)CC2)ccc1CCC=O. The van der Waals surface area contributed by atoms with E-state index in [0.29, 0.717) is 35.2 Å². The van der Waals surface area contributed by atoms with Crippen molar-refractivity contribution in [3.63, 3.8) is 0 Å². The van der Waals surface area contributed by atoms with Gasteiger partial charge in [-0.15, -0.1) is 0 Å². The van der Waals surface area contributed by atoms with E-state index in [0.717, 1.165) is 83.0 Å². The van der Waals surface area contributed by atoms with Crippen LogP contribution in [-0.4, -0.2) is 88.0 Å². The number of hydrogen-bond donors (Lipinski definition) is 2. The first-order valence-corrected chi connectivity index (χ1v) is 15.8. The molecule has 0 spiro atoms. The van der Waals surface area contributed by atoms with E-state index in [1.165, 1.54) is 0 Å². The minimum Gasteiger partial charge on any atom is -0.494 e. The molecule has 230 valence electrons. The van der Waals surface area contributed by atoms with Gasteiger partial charge >= 0.3 is 7.82 Å². The third-order valence-electron chi connectivity index (χ3n) is 6.81. The minimum atomic E-state index is -4.16. The predicted octanol–water partition coefficient (Wildman–Crippen LogP) is 5.26. The second-order valence-corrected chi connectivity index (χ2v) is 11.7. The van der Waals surface area contributed by atoms with Crippen molar-refractivity contribution in [3.8, 4) is 5.75 Å². The number of phosphoric acid groups is 1. The molecule has 0 aliphatic carbocycles. The van der Waals surface area contributed by atoms with Gasteiger partial charge in [-0.2, -0.15) is 0 Å². The molecule has 1 heterocycles. The fourth-order valence-electron chi connectivity index (χ4n) is 4.47. The van der Waals surface area contributed by atoms with E-state index < -0.39 is 14.1 Å². The van der Waals surface area contributed by atoms with Gasteiger partial charge in [0.15, 0.2) is 0 Å². The molecule has 2 aromatic carbocycles. The Morgan fingerprint density at radius 2 is 1.83 bits per heavy atom. The third-order valence-corrected chi connectivity index (χ3v) is 8.65. The van der Waals surface area contributed by atoms with Crippen molar-refractivity contribution in [3.05, 3.63) is 52.0 Å². The maximum atomic E-state index is 11.9. The highest BCUT2D eigenvalue weighted by Crippen LogP contribution is 2.44. The van der Waals surface area contributed by atoms with Crippen LogP contribution in [-0.2, 0) is 24.8 Å². The predicted molar refractivity (Wildman–Crippen MR) is 165 cm³/mol. The minimum absolute atomic E-state index is 0.368. The van der Waals surface area contributed by atoms with Crippen molar-refractivity contribution in [2.24, 2.45) is 0 Å². The molecule has 2 atom stereocenters. The molecule has 2 aromatic rings. The molecule has 1 aliphatic rings. The molecule has 0 bridgehead atoms. The van der Waals surface area contributed by atoms with Gasteiger partial charge in [-0.1, -0.05) is 35.3 Å². The van der Waals surface area contributed by atoms with Gasteiger partial charge in [-0.05, 0) is 56.5 Å². The number of anilines is 2. The molecule has 2 unspecified atom stereocenters. The number of aryl methyl sites for hydroxylation is 1. The Kier molecular flexibility index (Phi) is 15.4. The zero-order valence-corrected chi connectivity index (χ0v) is 26.6. The number of ether oxygens (including phenoxy) is 1. The lowest BCUT2D eigenvalue weighted by Crippen LogP contribution is -2.46. The molecule has 3 rings (SSSR count). The van der Waals surface area contributed by atoms with E-state index in [1.807, 2.05) is 30.3 Å². The van der Waals surface area contributed by atoms with Crippen LogP contribution in [0.1, 0.15) is 31.7 Å². The largest absolute Gasteiger partial charge is 0.494 e. The smallest absolute Gasteiger partial charge is 0.473 e. The maximum absolute atomic E-state index is 11.9. The highest BCUT2D eigenvalue weighted by atomic mass is 35.5. The van der Waals surface area contributed by atoms with Gasteiger partial charge in [0.2, 0.25) is 0 Å². The van der Waals surface area contributed by atoms with E-state index in [-0.39, 0.29) is 0 Å². The topological polar surface area (TPSA) is 112 Å². The molecule has 0 saturated carbocycles. The van der Waals surface area contributed by atoms with Crippen LogP contribution in [0.4, 0.5) is 11.4 Å². The highest BCUT2D eigenvalue weighted by Gasteiger charge is 2.26. The number of aliphatic hydroxyl groups is 1. The average Bonchev–Trinajstić information content (AvgIpc) is 2.98. The van der Waals surface area contributed by atoms with Crippen molar-refractivity contribution in [1.82, 2.24) is 4.90 Å². The summed E-state index contributed by atoms with van der Waals surface area (Å²) >= 11 is 12.6. The number of aldehydes is 1. The number of rotatable bonds is 15. The number of nitrogens with zero attached hydrogens (tertiary/aromatic N) is 3. The van der Waals surface area contributed by atoms with Crippen LogP contribution in [0.5, 0.6) is 5.75 Å². The third kappa shape index (κ3) is 11.0. The van der Waals surface area contributed by atoms with Crippen molar-refractivity contribution < 1.29 is 33.1 Å². The number of aliphatic hydroxyl groups excluding tert-OH is 1. The van der Waals surface area contributed by atoms with Crippen LogP contribution in [0.25, 0.3) is 0 Å². The summed E-state index contributed by atoms with van der Waals surface area (Å²) in [6.45, 7) is 6.95. The van der Waals surface area contributed by atoms with Crippen LogP contribution in [0.3, 0.4) is 0 Å². The summed E-state index contributed by atoms with van der Waals surface area (Å²) in [5, 5.41) is 8.19. The first-order valence-electron chi connectivity index (χ1n) is 13.5. The number of carbonyl (C=O) groups excluding carboxylic acids is 1. The van der Waals surface area contributed by atoms with Crippen LogP contribution in [0, 0.1) is 0 Å². The maximum Gasteiger partial charge on any atom is 0.473 e. The van der Waals surface area contributed by atoms with E-state index in [9.17, 15) is 14.3 Å². The van der Waals surface area contributed by atoms with Crippen molar-refractivity contribution in [1.29, 1.82) is 0 Å². The number of halogens is 2. The number of unbranched alkanes of at least 4 members (excludes halogenated alkanes) is 1. The molecule has 2 N–H and O–H groups in total. The fraction of sp³-hybridized carbons (Fsp3) is 0.536. The summed E-state index contributed by atoms with van der Waals surface area (Å²) in [7, 11) is -0.286. The second-order valence-electron chi connectivity index (χ2n) is 9.42. The molecule has 10 nitrogen and oxygen atoms in total. The zero-order chi connectivity index (χ0) is 30.4. The normalized spacial score (nSPS) is 15.9. The molecule has 1 aliphatic heterocycles. The molecule has 1 saturated heterocycles. The van der Waals surface area contributed by atoms with Gasteiger partial charge in [-0.25, -0.2) is 4.57 Å². The van der Waals surface area contributed by atoms with Crippen molar-refractivity contribution in [2.45, 2.75) is 38.8 Å². The van der Waals surface area contributed by atoms with Crippen LogP contribution >= 0.6 is 31.0 Å². The number of carbonyl (C=O) groups is 1. The Hall–Kier alpha value is -1.88. The molecule has 13 heteroatoms. The molecule has 1 fully saturated rings. The average molecular weight is 635 g/mol. The van der Waals surface area contributed by atoms with E-state index >= 15 is 0 Å². The van der Waals surface area contributed by atoms with Gasteiger partial charge < -0.3 is 29.3 Å². The Morgan fingerprint density at radius 3 is 2.49 bits per heavy atom. The summed E-state index contributed by atoms with van der Waals surface area (Å²) in [6, 6.07) is 11.4. The zero-order valence-electron chi connectivity index (χ0n) is 24.2. The number of phosphoric ester groups is 1. The van der Waals surface area contributed by atoms with Crippen molar-refractivity contribution in [2.75, 3.05) is 70.4 Å². The second kappa shape index (κ2) is 17.9. The van der Waals surface area contributed by atoms with Crippen LogP contribution in [0.15, 0.2) is 36.4 Å². The Balaban J connectivity index is 0.00000287. The molecular formula is C28H42Cl2N3O7P. The lowest BCUT2D eigenvalue weighted by Gasteiger charge is -2.36. The summed E-state index contributed by atoms with van der Waals surface area (Å²) in [5.41, 5.74) is 2.66. The van der Waals surface area contributed by atoms with E-state index in [2.05, 4.69) is 14.3 Å².